The molecule has 3 N–H and O–H groups in total. The first-order chi connectivity index (χ1) is 15.1. The number of piperazine rings is 1. The molecule has 5 rings (SSSR count). The van der Waals surface area contributed by atoms with Gasteiger partial charge in [0.2, 0.25) is 11.9 Å². The number of halogens is 1. The largest absolute Gasteiger partial charge is 0.391 e. The predicted molar refractivity (Wildman–Crippen MR) is 116 cm³/mol. The second kappa shape index (κ2) is 9.97. The average Bonchev–Trinajstić information content (AvgIpc) is 2.79. The summed E-state index contributed by atoms with van der Waals surface area (Å²) in [5.41, 5.74) is 1.24. The molecule has 166 valence electrons. The van der Waals surface area contributed by atoms with E-state index in [1.807, 2.05) is 0 Å². The minimum atomic E-state index is -0.582. The van der Waals surface area contributed by atoms with Crippen LogP contribution in [0.1, 0.15) is 36.2 Å². The topological polar surface area (TPSA) is 107 Å². The van der Waals surface area contributed by atoms with Gasteiger partial charge < -0.3 is 20.6 Å². The minimum absolute atomic E-state index is 0.171. The Morgan fingerprint density at radius 2 is 1.94 bits per heavy atom. The van der Waals surface area contributed by atoms with Gasteiger partial charge in [0.1, 0.15) is 5.69 Å². The zero-order chi connectivity index (χ0) is 21.6. The summed E-state index contributed by atoms with van der Waals surface area (Å²) < 4.78 is 13.9. The van der Waals surface area contributed by atoms with E-state index in [1.165, 1.54) is 24.5 Å². The van der Waals surface area contributed by atoms with Crippen LogP contribution in [-0.2, 0) is 0 Å². The number of aromatic nitrogens is 3. The van der Waals surface area contributed by atoms with E-state index in [9.17, 15) is 14.3 Å². The monoisotopic (exact) mass is 429 g/mol. The van der Waals surface area contributed by atoms with Crippen LogP contribution in [0.15, 0.2) is 24.5 Å². The summed E-state index contributed by atoms with van der Waals surface area (Å²) in [6, 6.07) is 2.87. The Morgan fingerprint density at radius 1 is 1.10 bits per heavy atom. The summed E-state index contributed by atoms with van der Waals surface area (Å²) in [5, 5.41) is 16.0. The van der Waals surface area contributed by atoms with Crippen LogP contribution < -0.4 is 15.5 Å². The third-order valence-corrected chi connectivity index (χ3v) is 5.71. The SMILES string of the molecule is O=C1Nc2cnc(F)cc2N2CCN(CCCCCC(O)CNc3nccc1n3)CC2. The lowest BCUT2D eigenvalue weighted by Crippen LogP contribution is -2.47. The molecule has 3 aliphatic heterocycles. The summed E-state index contributed by atoms with van der Waals surface area (Å²) >= 11 is 0. The maximum absolute atomic E-state index is 13.9. The number of fused-ring (bicyclic) bond motifs is 10. The first-order valence-electron chi connectivity index (χ1n) is 10.8. The van der Waals surface area contributed by atoms with Crippen molar-refractivity contribution in [3.8, 4) is 0 Å². The molecule has 1 fully saturated rings. The van der Waals surface area contributed by atoms with Crippen LogP contribution in [0.3, 0.4) is 0 Å². The summed E-state index contributed by atoms with van der Waals surface area (Å²) in [6.07, 6.45) is 6.12. The molecule has 10 heteroatoms. The van der Waals surface area contributed by atoms with E-state index in [4.69, 9.17) is 0 Å². The third kappa shape index (κ3) is 5.65. The lowest BCUT2D eigenvalue weighted by atomic mass is 10.1. The first-order valence-corrected chi connectivity index (χ1v) is 10.8. The summed E-state index contributed by atoms with van der Waals surface area (Å²) in [4.78, 5) is 29.4. The van der Waals surface area contributed by atoms with Gasteiger partial charge in [0.25, 0.3) is 5.91 Å². The van der Waals surface area contributed by atoms with Crippen LogP contribution in [0.25, 0.3) is 0 Å². The predicted octanol–water partition coefficient (Wildman–Crippen LogP) is 1.73. The molecule has 0 saturated carbocycles. The third-order valence-electron chi connectivity index (χ3n) is 5.71. The van der Waals surface area contributed by atoms with Crippen LogP contribution in [0.4, 0.5) is 21.7 Å². The smallest absolute Gasteiger partial charge is 0.274 e. The van der Waals surface area contributed by atoms with Crippen LogP contribution >= 0.6 is 0 Å². The second-order valence-electron chi connectivity index (χ2n) is 7.96. The number of pyridine rings is 1. The number of aliphatic hydroxyl groups is 1. The lowest BCUT2D eigenvalue weighted by Gasteiger charge is -2.36. The van der Waals surface area contributed by atoms with Crippen LogP contribution in [0.5, 0.6) is 0 Å². The van der Waals surface area contributed by atoms with Gasteiger partial charge in [-0.2, -0.15) is 4.39 Å². The van der Waals surface area contributed by atoms with E-state index < -0.39 is 18.0 Å². The Morgan fingerprint density at radius 3 is 2.77 bits per heavy atom. The number of rotatable bonds is 0. The number of hydrogen-bond acceptors (Lipinski definition) is 8. The van der Waals surface area contributed by atoms with Gasteiger partial charge in [-0.05, 0) is 25.5 Å². The fourth-order valence-corrected chi connectivity index (χ4v) is 3.95. The normalized spacial score (nSPS) is 23.0. The maximum Gasteiger partial charge on any atom is 0.274 e. The molecule has 2 aromatic rings. The number of amides is 1. The Balaban J connectivity index is 1.58. The Bertz CT molecular complexity index is 905. The molecule has 0 spiro atoms. The van der Waals surface area contributed by atoms with Crippen LogP contribution in [-0.4, -0.2) is 76.2 Å². The van der Waals surface area contributed by atoms with E-state index in [2.05, 4.69) is 35.4 Å². The van der Waals surface area contributed by atoms with Crippen molar-refractivity contribution in [3.05, 3.63) is 36.2 Å². The Kier molecular flexibility index (Phi) is 6.88. The highest BCUT2D eigenvalue weighted by atomic mass is 19.1. The molecule has 4 bridgehead atoms. The van der Waals surface area contributed by atoms with E-state index in [0.29, 0.717) is 24.3 Å². The summed E-state index contributed by atoms with van der Waals surface area (Å²) in [7, 11) is 0. The highest BCUT2D eigenvalue weighted by Crippen LogP contribution is 2.27. The maximum atomic E-state index is 13.9. The molecule has 0 aromatic carbocycles. The average molecular weight is 430 g/mol. The first kappa shape index (κ1) is 21.4. The molecule has 31 heavy (non-hydrogen) atoms. The molecule has 0 aliphatic carbocycles. The number of carbonyl (C=O) groups is 1. The molecule has 1 saturated heterocycles. The van der Waals surface area contributed by atoms with Crippen molar-refractivity contribution in [2.45, 2.75) is 31.8 Å². The molecular formula is C21H28FN7O2. The van der Waals surface area contributed by atoms with Crippen molar-refractivity contribution in [1.82, 2.24) is 19.9 Å². The standard InChI is InChI=1S/C21H28FN7O2/c22-19-12-18-17(14-24-19)26-20(31)16-5-6-23-21(27-16)25-13-15(30)4-2-1-3-7-28-8-10-29(18)11-9-28/h5-6,12,14-15,30H,1-4,7-11,13H2,(H,26,31)(H,23,25,27). The zero-order valence-electron chi connectivity index (χ0n) is 17.4. The van der Waals surface area contributed by atoms with Gasteiger partial charge >= 0.3 is 0 Å². The number of anilines is 3. The van der Waals surface area contributed by atoms with Gasteiger partial charge in [-0.3, -0.25) is 9.69 Å². The minimum Gasteiger partial charge on any atom is -0.391 e. The number of aliphatic hydroxyl groups excluding tert-OH is 1. The molecule has 3 aliphatic rings. The number of nitrogens with one attached hydrogen (secondary N) is 2. The van der Waals surface area contributed by atoms with Gasteiger partial charge in [-0.25, -0.2) is 15.0 Å². The molecule has 1 unspecified atom stereocenters. The molecule has 2 aromatic heterocycles. The van der Waals surface area contributed by atoms with E-state index in [0.717, 1.165) is 52.0 Å². The van der Waals surface area contributed by atoms with E-state index in [-0.39, 0.29) is 11.6 Å². The van der Waals surface area contributed by atoms with Crippen molar-refractivity contribution < 1.29 is 14.3 Å². The Hall–Kier alpha value is -2.85. The lowest BCUT2D eigenvalue weighted by molar-refractivity contribution is 0.102. The number of hydrogen-bond donors (Lipinski definition) is 3. The fourth-order valence-electron chi connectivity index (χ4n) is 3.95. The molecule has 0 radical (unpaired) electrons. The molecular weight excluding hydrogens is 401 g/mol. The van der Waals surface area contributed by atoms with Gasteiger partial charge in [0.05, 0.1) is 23.7 Å². The van der Waals surface area contributed by atoms with E-state index in [1.54, 1.807) is 0 Å². The van der Waals surface area contributed by atoms with Crippen molar-refractivity contribution in [3.63, 3.8) is 0 Å². The van der Waals surface area contributed by atoms with Gasteiger partial charge in [0, 0.05) is 45.0 Å². The van der Waals surface area contributed by atoms with Gasteiger partial charge in [0.15, 0.2) is 0 Å². The van der Waals surface area contributed by atoms with Crippen molar-refractivity contribution in [2.24, 2.45) is 0 Å². The molecule has 9 nitrogen and oxygen atoms in total. The van der Waals surface area contributed by atoms with Crippen LogP contribution in [0, 0.1) is 5.95 Å². The van der Waals surface area contributed by atoms with Crippen LogP contribution in [0.2, 0.25) is 0 Å². The summed E-state index contributed by atoms with van der Waals surface area (Å²) in [5.74, 6) is -0.740. The highest BCUT2D eigenvalue weighted by molar-refractivity contribution is 6.04. The quantitative estimate of drug-likeness (QED) is 0.544. The molecule has 1 amide bonds. The molecule has 5 heterocycles. The summed E-state index contributed by atoms with van der Waals surface area (Å²) in [6.45, 7) is 4.56. The Labute approximate surface area is 180 Å². The fraction of sp³-hybridized carbons (Fsp3) is 0.524. The number of carbonyl (C=O) groups excluding carboxylic acids is 1. The zero-order valence-corrected chi connectivity index (χ0v) is 17.4. The van der Waals surface area contributed by atoms with E-state index >= 15 is 0 Å². The second-order valence-corrected chi connectivity index (χ2v) is 7.96. The van der Waals surface area contributed by atoms with Crippen molar-refractivity contribution in [2.75, 3.05) is 54.8 Å². The van der Waals surface area contributed by atoms with Gasteiger partial charge in [-0.15, -0.1) is 0 Å². The highest BCUT2D eigenvalue weighted by Gasteiger charge is 2.22. The van der Waals surface area contributed by atoms with Crippen molar-refractivity contribution in [1.29, 1.82) is 0 Å². The molecule has 1 atom stereocenters. The number of nitrogens with zero attached hydrogens (tertiary/aromatic N) is 5. The van der Waals surface area contributed by atoms with Gasteiger partial charge in [-0.1, -0.05) is 12.8 Å². The van der Waals surface area contributed by atoms with Crippen molar-refractivity contribution >= 4 is 23.2 Å².